The van der Waals surface area contributed by atoms with Crippen molar-refractivity contribution in [3.63, 3.8) is 0 Å². The summed E-state index contributed by atoms with van der Waals surface area (Å²) in [6.07, 6.45) is 2.05. The minimum absolute atomic E-state index is 0.0488. The van der Waals surface area contributed by atoms with Gasteiger partial charge in [0.2, 0.25) is 17.7 Å². The number of nitrogens with two attached hydrogens (primary N) is 1. The number of nitrogens with zero attached hydrogens (tertiary/aromatic N) is 2. The van der Waals surface area contributed by atoms with Gasteiger partial charge in [-0.05, 0) is 49.8 Å². The predicted octanol–water partition coefficient (Wildman–Crippen LogP) is 3.31. The van der Waals surface area contributed by atoms with Crippen LogP contribution in [0.2, 0.25) is 0 Å². The van der Waals surface area contributed by atoms with Crippen molar-refractivity contribution in [1.29, 1.82) is 0 Å². The van der Waals surface area contributed by atoms with Crippen LogP contribution in [-0.4, -0.2) is 64.0 Å². The second-order valence-electron chi connectivity index (χ2n) is 11.5. The fourth-order valence-corrected chi connectivity index (χ4v) is 5.67. The molecule has 1 aliphatic heterocycles. The molecule has 1 aromatic carbocycles. The number of benzene rings is 1. The van der Waals surface area contributed by atoms with Crippen molar-refractivity contribution >= 4 is 29.1 Å². The molecule has 5 N–H and O–H groups in total. The van der Waals surface area contributed by atoms with Crippen LogP contribution in [0.1, 0.15) is 77.1 Å². The molecule has 1 fully saturated rings. The Balaban J connectivity index is 1.68. The largest absolute Gasteiger partial charge is 0.391 e. The number of hydrogen-bond acceptors (Lipinski definition) is 7. The van der Waals surface area contributed by atoms with E-state index in [4.69, 9.17) is 5.73 Å². The van der Waals surface area contributed by atoms with Gasteiger partial charge < -0.3 is 26.4 Å². The SMILES string of the molecule is Cc1ncsc1-c1ccc(C(C)NC(=O)[C@@H]2C[C@@H](O)CN2C(=O)C(NC(=O)CCCCCN)C(C)(C)C)cc1. The number of aromatic nitrogens is 1. The Labute approximate surface area is 235 Å². The Morgan fingerprint density at radius 1 is 1.15 bits per heavy atom. The van der Waals surface area contributed by atoms with E-state index in [1.165, 1.54) is 4.90 Å². The lowest BCUT2D eigenvalue weighted by atomic mass is 9.85. The van der Waals surface area contributed by atoms with Gasteiger partial charge in [-0.2, -0.15) is 0 Å². The van der Waals surface area contributed by atoms with Gasteiger partial charge in [-0.1, -0.05) is 51.5 Å². The Bertz CT molecular complexity index is 1130. The van der Waals surface area contributed by atoms with Crippen molar-refractivity contribution in [2.75, 3.05) is 13.1 Å². The molecular formula is C29H43N5O4S. The van der Waals surface area contributed by atoms with E-state index in [1.54, 1.807) is 11.3 Å². The fourth-order valence-electron chi connectivity index (χ4n) is 4.86. The number of hydrogen-bond donors (Lipinski definition) is 4. The maximum absolute atomic E-state index is 13.7. The molecule has 1 saturated heterocycles. The van der Waals surface area contributed by atoms with Crippen LogP contribution in [0.4, 0.5) is 0 Å². The molecule has 1 aliphatic rings. The van der Waals surface area contributed by atoms with E-state index in [9.17, 15) is 19.5 Å². The van der Waals surface area contributed by atoms with E-state index in [1.807, 2.05) is 64.4 Å². The summed E-state index contributed by atoms with van der Waals surface area (Å²) in [6.45, 7) is 10.1. The van der Waals surface area contributed by atoms with Gasteiger partial charge >= 0.3 is 0 Å². The molecule has 39 heavy (non-hydrogen) atoms. The summed E-state index contributed by atoms with van der Waals surface area (Å²) in [7, 11) is 0. The molecule has 4 atom stereocenters. The molecule has 3 rings (SSSR count). The lowest BCUT2D eigenvalue weighted by molar-refractivity contribution is -0.144. The van der Waals surface area contributed by atoms with Crippen LogP contribution in [0.15, 0.2) is 29.8 Å². The molecule has 0 radical (unpaired) electrons. The molecular weight excluding hydrogens is 514 g/mol. The number of aliphatic hydroxyl groups is 1. The van der Waals surface area contributed by atoms with E-state index in [-0.39, 0.29) is 36.7 Å². The maximum atomic E-state index is 13.7. The van der Waals surface area contributed by atoms with Crippen molar-refractivity contribution in [3.8, 4) is 10.4 Å². The fraction of sp³-hybridized carbons (Fsp3) is 0.586. The quantitative estimate of drug-likeness (QED) is 0.313. The summed E-state index contributed by atoms with van der Waals surface area (Å²) in [5.41, 5.74) is 9.76. The number of aliphatic hydroxyl groups excluding tert-OH is 1. The smallest absolute Gasteiger partial charge is 0.246 e. The average molecular weight is 558 g/mol. The average Bonchev–Trinajstić information content (AvgIpc) is 3.49. The number of nitrogens with one attached hydrogen (secondary N) is 2. The van der Waals surface area contributed by atoms with E-state index < -0.39 is 23.6 Å². The van der Waals surface area contributed by atoms with Gasteiger partial charge in [0.1, 0.15) is 12.1 Å². The zero-order valence-electron chi connectivity index (χ0n) is 23.7. The van der Waals surface area contributed by atoms with Crippen molar-refractivity contribution in [1.82, 2.24) is 20.5 Å². The molecule has 2 heterocycles. The van der Waals surface area contributed by atoms with Crippen LogP contribution in [0.3, 0.4) is 0 Å². The molecule has 9 nitrogen and oxygen atoms in total. The molecule has 0 saturated carbocycles. The number of unbranched alkanes of at least 4 members (excludes halogenated alkanes) is 2. The molecule has 0 bridgehead atoms. The Morgan fingerprint density at radius 2 is 1.85 bits per heavy atom. The minimum Gasteiger partial charge on any atom is -0.391 e. The molecule has 2 aromatic rings. The first-order chi connectivity index (χ1) is 18.4. The van der Waals surface area contributed by atoms with Gasteiger partial charge in [-0.25, -0.2) is 4.98 Å². The third kappa shape index (κ3) is 8.09. The Hall–Kier alpha value is -2.82. The summed E-state index contributed by atoms with van der Waals surface area (Å²) in [5, 5.41) is 16.3. The monoisotopic (exact) mass is 557 g/mol. The number of thiazole rings is 1. The Kier molecular flexibility index (Phi) is 10.6. The van der Waals surface area contributed by atoms with E-state index in [2.05, 4.69) is 15.6 Å². The molecule has 0 spiro atoms. The lowest BCUT2D eigenvalue weighted by Crippen LogP contribution is -2.57. The van der Waals surface area contributed by atoms with Crippen LogP contribution in [0.25, 0.3) is 10.4 Å². The topological polar surface area (TPSA) is 138 Å². The van der Waals surface area contributed by atoms with Crippen LogP contribution in [0.5, 0.6) is 0 Å². The van der Waals surface area contributed by atoms with Crippen LogP contribution in [-0.2, 0) is 14.4 Å². The minimum atomic E-state index is -0.819. The highest BCUT2D eigenvalue weighted by atomic mass is 32.1. The number of likely N-dealkylation sites (tertiary alicyclic amines) is 1. The molecule has 10 heteroatoms. The van der Waals surface area contributed by atoms with Crippen molar-refractivity contribution < 1.29 is 19.5 Å². The third-order valence-electron chi connectivity index (χ3n) is 7.17. The highest BCUT2D eigenvalue weighted by Crippen LogP contribution is 2.29. The van der Waals surface area contributed by atoms with Crippen LogP contribution >= 0.6 is 11.3 Å². The van der Waals surface area contributed by atoms with Crippen LogP contribution in [0, 0.1) is 12.3 Å². The third-order valence-corrected chi connectivity index (χ3v) is 8.15. The first-order valence-corrected chi connectivity index (χ1v) is 14.6. The normalized spacial score (nSPS) is 19.0. The van der Waals surface area contributed by atoms with E-state index in [0.717, 1.165) is 34.5 Å². The van der Waals surface area contributed by atoms with Crippen LogP contribution < -0.4 is 16.4 Å². The first-order valence-electron chi connectivity index (χ1n) is 13.7. The molecule has 0 aliphatic carbocycles. The lowest BCUT2D eigenvalue weighted by Gasteiger charge is -2.35. The second kappa shape index (κ2) is 13.5. The maximum Gasteiger partial charge on any atom is 0.246 e. The highest BCUT2D eigenvalue weighted by Gasteiger charge is 2.44. The predicted molar refractivity (Wildman–Crippen MR) is 154 cm³/mol. The molecule has 3 amide bonds. The van der Waals surface area contributed by atoms with Gasteiger partial charge in [0.15, 0.2) is 0 Å². The van der Waals surface area contributed by atoms with Crippen molar-refractivity contribution in [3.05, 3.63) is 41.0 Å². The van der Waals surface area contributed by atoms with Gasteiger partial charge in [0.25, 0.3) is 0 Å². The highest BCUT2D eigenvalue weighted by molar-refractivity contribution is 7.13. The zero-order chi connectivity index (χ0) is 28.7. The summed E-state index contributed by atoms with van der Waals surface area (Å²) in [5.74, 6) is -0.881. The number of aryl methyl sites for hydroxylation is 1. The number of carbonyl (C=O) groups excluding carboxylic acids is 3. The van der Waals surface area contributed by atoms with Gasteiger partial charge in [-0.3, -0.25) is 14.4 Å². The Morgan fingerprint density at radius 3 is 2.44 bits per heavy atom. The van der Waals surface area contributed by atoms with Crippen molar-refractivity contribution in [2.45, 2.75) is 91.0 Å². The first kappa shape index (κ1) is 30.7. The zero-order valence-corrected chi connectivity index (χ0v) is 24.5. The molecule has 214 valence electrons. The van der Waals surface area contributed by atoms with Crippen molar-refractivity contribution in [2.24, 2.45) is 11.1 Å². The second-order valence-corrected chi connectivity index (χ2v) is 12.3. The van der Waals surface area contributed by atoms with E-state index >= 15 is 0 Å². The van der Waals surface area contributed by atoms with Gasteiger partial charge in [0.05, 0.1) is 28.2 Å². The van der Waals surface area contributed by atoms with Gasteiger partial charge in [0, 0.05) is 19.4 Å². The summed E-state index contributed by atoms with van der Waals surface area (Å²) >= 11 is 1.59. The number of rotatable bonds is 11. The number of amides is 3. The summed E-state index contributed by atoms with van der Waals surface area (Å²) < 4.78 is 0. The summed E-state index contributed by atoms with van der Waals surface area (Å²) in [6, 6.07) is 6.05. The molecule has 1 aromatic heterocycles. The van der Waals surface area contributed by atoms with E-state index in [0.29, 0.717) is 19.4 Å². The molecule has 2 unspecified atom stereocenters. The van der Waals surface area contributed by atoms with Gasteiger partial charge in [-0.15, -0.1) is 11.3 Å². The summed E-state index contributed by atoms with van der Waals surface area (Å²) in [4.78, 5) is 46.5. The number of β-amino-alcohol motifs (C(OH)–C–C–N with tert-alkyl or cyclic N) is 1. The number of carbonyl (C=O) groups is 3. The standard InChI is InChI=1S/C29H43N5O4S/c1-18(20-10-12-21(13-11-20)25-19(2)31-17-39-25)32-27(37)23-15-22(35)16-34(23)28(38)26(29(3,4)5)33-24(36)9-7-6-8-14-30/h10-13,17-18,22-23,26,35H,6-9,14-16,30H2,1-5H3,(H,32,37)(H,33,36)/t18?,22-,23+,26?/m1/s1.